The summed E-state index contributed by atoms with van der Waals surface area (Å²) in [5.74, 6) is -0.895. The van der Waals surface area contributed by atoms with Gasteiger partial charge in [-0.2, -0.15) is 5.26 Å². The quantitative estimate of drug-likeness (QED) is 0.893. The number of nitriles is 1. The first kappa shape index (κ1) is 14.0. The monoisotopic (exact) mass is 250 g/mol. The average molecular weight is 250 g/mol. The van der Waals surface area contributed by atoms with Gasteiger partial charge in [0.2, 0.25) is 5.91 Å². The van der Waals surface area contributed by atoms with Crippen LogP contribution in [-0.4, -0.2) is 12.5 Å². The lowest BCUT2D eigenvalue weighted by atomic mass is 9.94. The zero-order chi connectivity index (χ0) is 13.8. The molecule has 0 fully saturated rings. The van der Waals surface area contributed by atoms with E-state index in [0.717, 1.165) is 6.07 Å². The fourth-order valence-electron chi connectivity index (χ4n) is 1.19. The molecule has 1 aromatic carbocycles. The van der Waals surface area contributed by atoms with Crippen LogP contribution in [0, 0.1) is 22.6 Å². The van der Waals surface area contributed by atoms with Gasteiger partial charge in [-0.1, -0.05) is 0 Å². The highest BCUT2D eigenvalue weighted by molar-refractivity contribution is 5.96. The maximum absolute atomic E-state index is 13.5. The highest BCUT2D eigenvalue weighted by Gasteiger charge is 2.27. The summed E-state index contributed by atoms with van der Waals surface area (Å²) < 4.78 is 18.6. The minimum absolute atomic E-state index is 0.134. The fourth-order valence-corrected chi connectivity index (χ4v) is 1.19. The van der Waals surface area contributed by atoms with E-state index in [1.165, 1.54) is 26.0 Å². The van der Waals surface area contributed by atoms with Crippen molar-refractivity contribution in [2.24, 2.45) is 5.41 Å². The summed E-state index contributed by atoms with van der Waals surface area (Å²) in [6.07, 6.45) is 0. The van der Waals surface area contributed by atoms with E-state index in [1.807, 2.05) is 6.07 Å². The molecule has 0 saturated heterocycles. The molecule has 18 heavy (non-hydrogen) atoms. The maximum Gasteiger partial charge on any atom is 0.244 e. The van der Waals surface area contributed by atoms with E-state index >= 15 is 0 Å². The predicted molar refractivity (Wildman–Crippen MR) is 65.6 cm³/mol. The van der Waals surface area contributed by atoms with E-state index in [0.29, 0.717) is 12.3 Å². The summed E-state index contributed by atoms with van der Waals surface area (Å²) in [5.41, 5.74) is -0.862. The SMILES string of the molecule is CCOc1ccc(NC(=O)C(C)(C)C#N)cc1F. The first-order chi connectivity index (χ1) is 8.40. The highest BCUT2D eigenvalue weighted by Crippen LogP contribution is 2.23. The molecule has 0 aromatic heterocycles. The second-order valence-electron chi connectivity index (χ2n) is 4.27. The van der Waals surface area contributed by atoms with Crippen LogP contribution in [0.1, 0.15) is 20.8 Å². The van der Waals surface area contributed by atoms with Gasteiger partial charge in [-0.15, -0.1) is 0 Å². The maximum atomic E-state index is 13.5. The molecule has 96 valence electrons. The van der Waals surface area contributed by atoms with Crippen molar-refractivity contribution in [3.8, 4) is 11.8 Å². The zero-order valence-corrected chi connectivity index (χ0v) is 10.6. The molecule has 0 bridgehead atoms. The van der Waals surface area contributed by atoms with Gasteiger partial charge in [0.05, 0.1) is 12.7 Å². The highest BCUT2D eigenvalue weighted by atomic mass is 19.1. The summed E-state index contributed by atoms with van der Waals surface area (Å²) in [4.78, 5) is 11.7. The average Bonchev–Trinajstić information content (AvgIpc) is 2.32. The van der Waals surface area contributed by atoms with Crippen LogP contribution in [0.3, 0.4) is 0 Å². The number of carbonyl (C=O) groups excluding carboxylic acids is 1. The van der Waals surface area contributed by atoms with E-state index in [9.17, 15) is 9.18 Å². The van der Waals surface area contributed by atoms with E-state index in [4.69, 9.17) is 10.00 Å². The smallest absolute Gasteiger partial charge is 0.244 e. The molecule has 1 rings (SSSR count). The molecule has 1 aromatic rings. The number of hydrogen-bond acceptors (Lipinski definition) is 3. The van der Waals surface area contributed by atoms with Crippen LogP contribution < -0.4 is 10.1 Å². The van der Waals surface area contributed by atoms with Crippen LogP contribution in [0.4, 0.5) is 10.1 Å². The van der Waals surface area contributed by atoms with E-state index in [-0.39, 0.29) is 5.75 Å². The zero-order valence-electron chi connectivity index (χ0n) is 10.6. The van der Waals surface area contributed by atoms with Crippen molar-refractivity contribution in [1.29, 1.82) is 5.26 Å². The lowest BCUT2D eigenvalue weighted by Gasteiger charge is -2.15. The molecule has 0 radical (unpaired) electrons. The van der Waals surface area contributed by atoms with Gasteiger partial charge in [0.1, 0.15) is 5.41 Å². The van der Waals surface area contributed by atoms with Gasteiger partial charge in [0.15, 0.2) is 11.6 Å². The minimum Gasteiger partial charge on any atom is -0.491 e. The Bertz CT molecular complexity index is 492. The number of hydrogen-bond donors (Lipinski definition) is 1. The third kappa shape index (κ3) is 3.20. The number of nitrogens with one attached hydrogen (secondary N) is 1. The summed E-state index contributed by atoms with van der Waals surface area (Å²) >= 11 is 0. The van der Waals surface area contributed by atoms with Gasteiger partial charge < -0.3 is 10.1 Å². The standard InChI is InChI=1S/C13H15FN2O2/c1-4-18-11-6-5-9(7-10(11)14)16-12(17)13(2,3)8-15/h5-7H,4H2,1-3H3,(H,16,17). The molecule has 0 spiro atoms. The number of nitrogens with zero attached hydrogens (tertiary/aromatic N) is 1. The van der Waals surface area contributed by atoms with Gasteiger partial charge in [-0.05, 0) is 32.9 Å². The Balaban J connectivity index is 2.85. The Hall–Kier alpha value is -2.09. The number of ether oxygens (including phenoxy) is 1. The molecule has 0 heterocycles. The first-order valence-electron chi connectivity index (χ1n) is 5.55. The molecule has 1 N–H and O–H groups in total. The first-order valence-corrected chi connectivity index (χ1v) is 5.55. The van der Waals surface area contributed by atoms with Crippen LogP contribution in [0.5, 0.6) is 5.75 Å². The molecule has 0 unspecified atom stereocenters. The molecular weight excluding hydrogens is 235 g/mol. The number of benzene rings is 1. The van der Waals surface area contributed by atoms with E-state index in [1.54, 1.807) is 6.92 Å². The fraction of sp³-hybridized carbons (Fsp3) is 0.385. The second-order valence-corrected chi connectivity index (χ2v) is 4.27. The Kier molecular flexibility index (Phi) is 4.27. The lowest BCUT2D eigenvalue weighted by molar-refractivity contribution is -0.121. The van der Waals surface area contributed by atoms with Crippen molar-refractivity contribution in [2.45, 2.75) is 20.8 Å². The third-order valence-corrected chi connectivity index (χ3v) is 2.34. The topological polar surface area (TPSA) is 62.1 Å². The summed E-state index contributed by atoms with van der Waals surface area (Å²) in [7, 11) is 0. The van der Waals surface area contributed by atoms with Crippen molar-refractivity contribution in [3.05, 3.63) is 24.0 Å². The molecule has 1 amide bonds. The molecular formula is C13H15FN2O2. The summed E-state index contributed by atoms with van der Waals surface area (Å²) in [6, 6.07) is 6.01. The van der Waals surface area contributed by atoms with Gasteiger partial charge in [0.25, 0.3) is 0 Å². The molecule has 0 aliphatic carbocycles. The summed E-state index contributed by atoms with van der Waals surface area (Å²) in [5, 5.41) is 11.3. The van der Waals surface area contributed by atoms with Crippen LogP contribution >= 0.6 is 0 Å². The number of anilines is 1. The van der Waals surface area contributed by atoms with Crippen LogP contribution in [0.2, 0.25) is 0 Å². The third-order valence-electron chi connectivity index (χ3n) is 2.34. The van der Waals surface area contributed by atoms with Crippen molar-refractivity contribution in [2.75, 3.05) is 11.9 Å². The Morgan fingerprint density at radius 1 is 1.56 bits per heavy atom. The van der Waals surface area contributed by atoms with Crippen LogP contribution in [0.25, 0.3) is 0 Å². The van der Waals surface area contributed by atoms with Crippen molar-refractivity contribution in [3.63, 3.8) is 0 Å². The number of carbonyl (C=O) groups is 1. The number of rotatable bonds is 4. The minimum atomic E-state index is -1.16. The molecule has 5 heteroatoms. The Morgan fingerprint density at radius 3 is 2.72 bits per heavy atom. The van der Waals surface area contributed by atoms with Gasteiger partial charge in [-0.3, -0.25) is 4.79 Å². The lowest BCUT2D eigenvalue weighted by Crippen LogP contribution is -2.29. The molecule has 0 saturated carbocycles. The van der Waals surface area contributed by atoms with Crippen LogP contribution in [-0.2, 0) is 4.79 Å². The van der Waals surface area contributed by atoms with E-state index in [2.05, 4.69) is 5.32 Å². The van der Waals surface area contributed by atoms with Crippen molar-refractivity contribution < 1.29 is 13.9 Å². The van der Waals surface area contributed by atoms with Gasteiger partial charge in [-0.25, -0.2) is 4.39 Å². The summed E-state index contributed by atoms with van der Waals surface area (Å²) in [6.45, 7) is 5.11. The molecule has 4 nitrogen and oxygen atoms in total. The second kappa shape index (κ2) is 5.50. The Morgan fingerprint density at radius 2 is 2.22 bits per heavy atom. The normalized spacial score (nSPS) is 10.6. The molecule has 0 aliphatic heterocycles. The largest absolute Gasteiger partial charge is 0.491 e. The van der Waals surface area contributed by atoms with Crippen molar-refractivity contribution >= 4 is 11.6 Å². The van der Waals surface area contributed by atoms with Gasteiger partial charge >= 0.3 is 0 Å². The van der Waals surface area contributed by atoms with Crippen LogP contribution in [0.15, 0.2) is 18.2 Å². The number of halogens is 1. The molecule has 0 atom stereocenters. The van der Waals surface area contributed by atoms with Gasteiger partial charge in [0, 0.05) is 11.8 Å². The molecule has 0 aliphatic rings. The number of amides is 1. The van der Waals surface area contributed by atoms with Crippen molar-refractivity contribution in [1.82, 2.24) is 0 Å². The Labute approximate surface area is 105 Å². The predicted octanol–water partition coefficient (Wildman–Crippen LogP) is 2.71. The van der Waals surface area contributed by atoms with E-state index < -0.39 is 17.1 Å².